The average Bonchev–Trinajstić information content (AvgIpc) is 3.21. The number of rotatable bonds is 9. The van der Waals surface area contributed by atoms with E-state index in [-0.39, 0.29) is 11.8 Å². The first-order valence-corrected chi connectivity index (χ1v) is 13.0. The average molecular weight is 523 g/mol. The maximum Gasteiger partial charge on any atom is 0.412 e. The van der Waals surface area contributed by atoms with Gasteiger partial charge >= 0.3 is 6.09 Å². The van der Waals surface area contributed by atoms with Crippen molar-refractivity contribution in [1.29, 1.82) is 0 Å². The summed E-state index contributed by atoms with van der Waals surface area (Å²) in [5.41, 5.74) is 3.94. The standard InChI is InChI=1S/C28H34N4O4S/c1-18(33)30-26-32-23(24(37-26)17-11-19-6-12-21(13-7-19)25(34)29-5)16-10-20-8-14-22(15-9-20)31-27(35)36-28(2,3)4/h6-9,12-15H,10-11,16-17H2,1-5H3,(H,29,34)(H,31,35)(H,30,32,33). The molecule has 0 bridgehead atoms. The highest BCUT2D eigenvalue weighted by molar-refractivity contribution is 7.15. The second-order valence-corrected chi connectivity index (χ2v) is 10.8. The van der Waals surface area contributed by atoms with Crippen LogP contribution in [0.1, 0.15) is 59.8 Å². The molecule has 3 rings (SSSR count). The van der Waals surface area contributed by atoms with Crippen molar-refractivity contribution in [3.63, 3.8) is 0 Å². The number of thiazole rings is 1. The summed E-state index contributed by atoms with van der Waals surface area (Å²) in [5, 5.41) is 8.77. The minimum atomic E-state index is -0.555. The van der Waals surface area contributed by atoms with Crippen LogP contribution in [0.2, 0.25) is 0 Å². The minimum absolute atomic E-state index is 0.107. The number of anilines is 2. The van der Waals surface area contributed by atoms with Crippen molar-refractivity contribution in [2.75, 3.05) is 17.7 Å². The van der Waals surface area contributed by atoms with Gasteiger partial charge in [0.15, 0.2) is 5.13 Å². The van der Waals surface area contributed by atoms with E-state index in [1.54, 1.807) is 7.05 Å². The van der Waals surface area contributed by atoms with Gasteiger partial charge < -0.3 is 15.4 Å². The van der Waals surface area contributed by atoms with Gasteiger partial charge in [0.1, 0.15) is 5.60 Å². The van der Waals surface area contributed by atoms with E-state index in [0.717, 1.165) is 47.4 Å². The van der Waals surface area contributed by atoms with Crippen molar-refractivity contribution >= 4 is 40.1 Å². The highest BCUT2D eigenvalue weighted by Gasteiger charge is 2.16. The van der Waals surface area contributed by atoms with E-state index < -0.39 is 11.7 Å². The van der Waals surface area contributed by atoms with E-state index in [0.29, 0.717) is 16.4 Å². The lowest BCUT2D eigenvalue weighted by atomic mass is 10.0. The molecule has 0 saturated heterocycles. The van der Waals surface area contributed by atoms with Gasteiger partial charge in [-0.3, -0.25) is 14.9 Å². The predicted octanol–water partition coefficient (Wildman–Crippen LogP) is 5.38. The van der Waals surface area contributed by atoms with Crippen LogP contribution < -0.4 is 16.0 Å². The fourth-order valence-electron chi connectivity index (χ4n) is 3.64. The van der Waals surface area contributed by atoms with Gasteiger partial charge in [0.05, 0.1) is 5.69 Å². The number of carbonyl (C=O) groups is 3. The van der Waals surface area contributed by atoms with E-state index in [2.05, 4.69) is 20.9 Å². The zero-order chi connectivity index (χ0) is 27.0. The molecule has 0 fully saturated rings. The van der Waals surface area contributed by atoms with Gasteiger partial charge in [0, 0.05) is 30.1 Å². The van der Waals surface area contributed by atoms with E-state index in [9.17, 15) is 14.4 Å². The fourth-order valence-corrected chi connectivity index (χ4v) is 4.70. The number of nitrogens with one attached hydrogen (secondary N) is 3. The minimum Gasteiger partial charge on any atom is -0.444 e. The van der Waals surface area contributed by atoms with E-state index >= 15 is 0 Å². The van der Waals surface area contributed by atoms with E-state index in [4.69, 9.17) is 4.74 Å². The Morgan fingerprint density at radius 2 is 1.46 bits per heavy atom. The molecule has 0 aliphatic heterocycles. The number of aryl methyl sites for hydroxylation is 4. The lowest BCUT2D eigenvalue weighted by molar-refractivity contribution is -0.114. The Labute approximate surface area is 221 Å². The van der Waals surface area contributed by atoms with Crippen molar-refractivity contribution in [3.05, 3.63) is 75.8 Å². The molecule has 3 amide bonds. The summed E-state index contributed by atoms with van der Waals surface area (Å²) in [6.45, 7) is 6.94. The number of amides is 3. The normalized spacial score (nSPS) is 11.1. The highest BCUT2D eigenvalue weighted by Crippen LogP contribution is 2.26. The molecule has 37 heavy (non-hydrogen) atoms. The van der Waals surface area contributed by atoms with Crippen molar-refractivity contribution < 1.29 is 19.1 Å². The van der Waals surface area contributed by atoms with Gasteiger partial charge in [0.25, 0.3) is 5.91 Å². The van der Waals surface area contributed by atoms with Gasteiger partial charge in [-0.05, 0) is 81.8 Å². The number of carbonyl (C=O) groups excluding carboxylic acids is 3. The first kappa shape index (κ1) is 27.9. The Bertz CT molecular complexity index is 1230. The molecule has 1 heterocycles. The lowest BCUT2D eigenvalue weighted by Crippen LogP contribution is -2.27. The molecular formula is C28H34N4O4S. The number of hydrogen-bond acceptors (Lipinski definition) is 6. The smallest absolute Gasteiger partial charge is 0.412 e. The molecule has 3 N–H and O–H groups in total. The van der Waals surface area contributed by atoms with Crippen LogP contribution in [0.15, 0.2) is 48.5 Å². The highest BCUT2D eigenvalue weighted by atomic mass is 32.1. The third-order valence-electron chi connectivity index (χ3n) is 5.39. The first-order chi connectivity index (χ1) is 17.5. The summed E-state index contributed by atoms with van der Waals surface area (Å²) in [4.78, 5) is 41.1. The van der Waals surface area contributed by atoms with Crippen LogP contribution in [0, 0.1) is 0 Å². The van der Waals surface area contributed by atoms with Crippen LogP contribution in [0.25, 0.3) is 0 Å². The Morgan fingerprint density at radius 3 is 2.03 bits per heavy atom. The van der Waals surface area contributed by atoms with Crippen LogP contribution >= 0.6 is 11.3 Å². The maximum absolute atomic E-state index is 12.0. The molecule has 0 aliphatic rings. The summed E-state index contributed by atoms with van der Waals surface area (Å²) in [6.07, 6.45) is 2.59. The van der Waals surface area contributed by atoms with Crippen molar-refractivity contribution in [2.24, 2.45) is 0 Å². The predicted molar refractivity (Wildman–Crippen MR) is 147 cm³/mol. The van der Waals surface area contributed by atoms with Crippen LogP contribution in [0.4, 0.5) is 15.6 Å². The van der Waals surface area contributed by atoms with Gasteiger partial charge in [-0.1, -0.05) is 24.3 Å². The SMILES string of the molecule is CNC(=O)c1ccc(CCc2sc(NC(C)=O)nc2CCc2ccc(NC(=O)OC(C)(C)C)cc2)cc1. The molecule has 0 atom stereocenters. The van der Waals surface area contributed by atoms with E-state index in [1.165, 1.54) is 18.3 Å². The number of aromatic nitrogens is 1. The first-order valence-electron chi connectivity index (χ1n) is 12.2. The zero-order valence-electron chi connectivity index (χ0n) is 21.9. The van der Waals surface area contributed by atoms with Crippen molar-refractivity contribution in [1.82, 2.24) is 10.3 Å². The van der Waals surface area contributed by atoms with Gasteiger partial charge in [0.2, 0.25) is 5.91 Å². The molecule has 3 aromatic rings. The largest absolute Gasteiger partial charge is 0.444 e. The molecule has 0 spiro atoms. The number of ether oxygens (including phenoxy) is 1. The number of nitrogens with zero attached hydrogens (tertiary/aromatic N) is 1. The maximum atomic E-state index is 12.0. The zero-order valence-corrected chi connectivity index (χ0v) is 22.8. The molecule has 196 valence electrons. The molecule has 2 aromatic carbocycles. The van der Waals surface area contributed by atoms with E-state index in [1.807, 2.05) is 69.3 Å². The second kappa shape index (κ2) is 12.5. The van der Waals surface area contributed by atoms with Crippen molar-refractivity contribution in [3.8, 4) is 0 Å². The Morgan fingerprint density at radius 1 is 0.865 bits per heavy atom. The topological polar surface area (TPSA) is 109 Å². The molecule has 8 nitrogen and oxygen atoms in total. The summed E-state index contributed by atoms with van der Waals surface area (Å²) >= 11 is 1.50. The van der Waals surface area contributed by atoms with Gasteiger partial charge in [-0.2, -0.15) is 0 Å². The Hall–Kier alpha value is -3.72. The third-order valence-corrected chi connectivity index (χ3v) is 6.47. The number of benzene rings is 2. The quantitative estimate of drug-likeness (QED) is 0.350. The Kier molecular flexibility index (Phi) is 9.41. The van der Waals surface area contributed by atoms with Crippen LogP contribution in [0.3, 0.4) is 0 Å². The molecular weight excluding hydrogens is 488 g/mol. The van der Waals surface area contributed by atoms with Crippen LogP contribution in [-0.2, 0) is 35.2 Å². The summed E-state index contributed by atoms with van der Waals surface area (Å²) in [6, 6.07) is 15.2. The van der Waals surface area contributed by atoms with Crippen molar-refractivity contribution in [2.45, 2.75) is 59.0 Å². The second-order valence-electron chi connectivity index (χ2n) is 9.67. The molecule has 0 radical (unpaired) electrons. The Balaban J connectivity index is 1.63. The summed E-state index contributed by atoms with van der Waals surface area (Å²) in [7, 11) is 1.61. The monoisotopic (exact) mass is 522 g/mol. The summed E-state index contributed by atoms with van der Waals surface area (Å²) < 4.78 is 5.29. The molecule has 0 unspecified atom stereocenters. The lowest BCUT2D eigenvalue weighted by Gasteiger charge is -2.19. The molecule has 9 heteroatoms. The summed E-state index contributed by atoms with van der Waals surface area (Å²) in [5.74, 6) is -0.255. The number of hydrogen-bond donors (Lipinski definition) is 3. The fraction of sp³-hybridized carbons (Fsp3) is 0.357. The van der Waals surface area contributed by atoms with Gasteiger partial charge in [-0.15, -0.1) is 11.3 Å². The molecule has 1 aromatic heterocycles. The molecule has 0 saturated carbocycles. The van der Waals surface area contributed by atoms with Crippen LogP contribution in [0.5, 0.6) is 0 Å². The molecule has 0 aliphatic carbocycles. The van der Waals surface area contributed by atoms with Crippen LogP contribution in [-0.4, -0.2) is 35.5 Å². The third kappa shape index (κ3) is 9.02. The van der Waals surface area contributed by atoms with Gasteiger partial charge in [-0.25, -0.2) is 9.78 Å².